The van der Waals surface area contributed by atoms with Crippen LogP contribution in [0.5, 0.6) is 0 Å². The molecule has 4 rings (SSSR count). The van der Waals surface area contributed by atoms with Gasteiger partial charge in [0, 0.05) is 31.7 Å². The van der Waals surface area contributed by atoms with Gasteiger partial charge in [0.2, 0.25) is 0 Å². The normalized spacial score (nSPS) is 12.8. The van der Waals surface area contributed by atoms with Crippen molar-refractivity contribution >= 4 is 27.2 Å². The number of fused-ring (bicyclic) bond motifs is 5. The molecule has 2 heteroatoms. The molecule has 0 radical (unpaired) electrons. The van der Waals surface area contributed by atoms with Gasteiger partial charge in [0.05, 0.1) is 0 Å². The summed E-state index contributed by atoms with van der Waals surface area (Å²) in [6.07, 6.45) is 0.905. The Morgan fingerprint density at radius 1 is 1.00 bits per heavy atom. The average molecular weight is 264 g/mol. The second kappa shape index (κ2) is 3.78. The first kappa shape index (κ1) is 10.9. The van der Waals surface area contributed by atoms with Crippen LogP contribution < -0.4 is 0 Å². The molecule has 92 valence electrons. The van der Waals surface area contributed by atoms with Crippen molar-refractivity contribution in [2.45, 2.75) is 13.3 Å². The monoisotopic (exact) mass is 264 g/mol. The summed E-state index contributed by atoms with van der Waals surface area (Å²) in [6, 6.07) is 14.4. The molecule has 0 N–H and O–H groups in total. The highest BCUT2D eigenvalue weighted by Gasteiger charge is 2.32. The van der Waals surface area contributed by atoms with Crippen LogP contribution in [0, 0.1) is 0 Å². The van der Waals surface area contributed by atoms with Crippen LogP contribution in [-0.4, -0.2) is 5.78 Å². The second-order valence-electron chi connectivity index (χ2n) is 4.82. The van der Waals surface area contributed by atoms with Crippen LogP contribution in [0.3, 0.4) is 0 Å². The van der Waals surface area contributed by atoms with Gasteiger partial charge >= 0.3 is 0 Å². The largest absolute Gasteiger partial charge is 0.288 e. The van der Waals surface area contributed by atoms with Gasteiger partial charge in [-0.15, -0.1) is 11.3 Å². The van der Waals surface area contributed by atoms with Gasteiger partial charge in [0.1, 0.15) is 0 Å². The minimum atomic E-state index is 0.208. The first-order valence-electron chi connectivity index (χ1n) is 6.49. The van der Waals surface area contributed by atoms with Crippen molar-refractivity contribution in [3.05, 3.63) is 59.2 Å². The summed E-state index contributed by atoms with van der Waals surface area (Å²) in [6.45, 7) is 2.10. The maximum atomic E-state index is 12.7. The Balaban J connectivity index is 2.13. The molecule has 0 saturated heterocycles. The van der Waals surface area contributed by atoms with Crippen molar-refractivity contribution < 1.29 is 4.79 Å². The van der Waals surface area contributed by atoms with Gasteiger partial charge in [-0.1, -0.05) is 43.3 Å². The Morgan fingerprint density at radius 3 is 2.68 bits per heavy atom. The van der Waals surface area contributed by atoms with Gasteiger partial charge in [-0.05, 0) is 18.1 Å². The molecule has 0 fully saturated rings. The van der Waals surface area contributed by atoms with E-state index in [-0.39, 0.29) is 5.78 Å². The molecule has 3 aromatic rings. The van der Waals surface area contributed by atoms with E-state index in [1.165, 1.54) is 4.70 Å². The molecule has 0 unspecified atom stereocenters. The van der Waals surface area contributed by atoms with Gasteiger partial charge in [-0.2, -0.15) is 0 Å². The zero-order chi connectivity index (χ0) is 13.0. The predicted octanol–water partition coefficient (Wildman–Crippen LogP) is 4.68. The van der Waals surface area contributed by atoms with E-state index in [0.717, 1.165) is 38.9 Å². The summed E-state index contributed by atoms with van der Waals surface area (Å²) in [5.41, 5.74) is 4.13. The lowest BCUT2D eigenvalue weighted by Crippen LogP contribution is -2.00. The summed E-state index contributed by atoms with van der Waals surface area (Å²) in [5.74, 6) is 0.208. The summed E-state index contributed by atoms with van der Waals surface area (Å²) in [4.78, 5) is 13.9. The molecular formula is C17H12OS. The van der Waals surface area contributed by atoms with Gasteiger partial charge in [0.25, 0.3) is 0 Å². The number of carbonyl (C=O) groups excluding carboxylic acids is 1. The van der Waals surface area contributed by atoms with Crippen LogP contribution in [0.1, 0.15) is 28.4 Å². The molecule has 0 amide bonds. The third kappa shape index (κ3) is 1.32. The number of hydrogen-bond acceptors (Lipinski definition) is 2. The van der Waals surface area contributed by atoms with Crippen molar-refractivity contribution in [1.82, 2.24) is 0 Å². The van der Waals surface area contributed by atoms with E-state index in [4.69, 9.17) is 0 Å². The molecule has 0 atom stereocenters. The van der Waals surface area contributed by atoms with E-state index in [1.54, 1.807) is 11.3 Å². The Labute approximate surface area is 115 Å². The Hall–Kier alpha value is -1.93. The second-order valence-corrected chi connectivity index (χ2v) is 5.88. The number of rotatable bonds is 1. The third-order valence-electron chi connectivity index (χ3n) is 3.83. The van der Waals surface area contributed by atoms with Crippen LogP contribution >= 0.6 is 11.3 Å². The van der Waals surface area contributed by atoms with E-state index >= 15 is 0 Å². The first-order valence-corrected chi connectivity index (χ1v) is 7.31. The van der Waals surface area contributed by atoms with E-state index in [2.05, 4.69) is 37.3 Å². The van der Waals surface area contributed by atoms with Gasteiger partial charge in [0.15, 0.2) is 5.78 Å². The highest BCUT2D eigenvalue weighted by atomic mass is 32.1. The number of thiophene rings is 1. The smallest absolute Gasteiger partial charge is 0.196 e. The van der Waals surface area contributed by atoms with Crippen LogP contribution in [0.15, 0.2) is 42.5 Å². The fourth-order valence-electron chi connectivity index (χ4n) is 2.94. The van der Waals surface area contributed by atoms with Crippen molar-refractivity contribution in [1.29, 1.82) is 0 Å². The minimum Gasteiger partial charge on any atom is -0.288 e. The van der Waals surface area contributed by atoms with Gasteiger partial charge in [-0.25, -0.2) is 0 Å². The number of aryl methyl sites for hydroxylation is 1. The average Bonchev–Trinajstić information content (AvgIpc) is 2.96. The third-order valence-corrected chi connectivity index (χ3v) is 5.03. The number of hydrogen-bond donors (Lipinski definition) is 0. The lowest BCUT2D eigenvalue weighted by molar-refractivity contribution is 0.104. The molecule has 19 heavy (non-hydrogen) atoms. The molecule has 0 saturated carbocycles. The molecule has 1 aromatic heterocycles. The van der Waals surface area contributed by atoms with E-state index in [0.29, 0.717) is 0 Å². The standard InChI is InChI=1S/C17H12OS/c1-2-10-6-5-8-12-14(10)16(18)15-11-7-3-4-9-13(11)19-17(12)15/h3-9H,2H2,1H3. The molecule has 0 bridgehead atoms. The van der Waals surface area contributed by atoms with E-state index in [1.807, 2.05) is 12.1 Å². The zero-order valence-corrected chi connectivity index (χ0v) is 11.4. The Bertz CT molecular complexity index is 826. The molecule has 0 spiro atoms. The summed E-state index contributed by atoms with van der Waals surface area (Å²) >= 11 is 1.73. The van der Waals surface area contributed by atoms with Crippen LogP contribution in [0.25, 0.3) is 20.5 Å². The van der Waals surface area contributed by atoms with Crippen molar-refractivity contribution in [3.63, 3.8) is 0 Å². The lowest BCUT2D eigenvalue weighted by Gasteiger charge is -2.04. The maximum Gasteiger partial charge on any atom is 0.196 e. The number of carbonyl (C=O) groups is 1. The molecule has 1 aliphatic rings. The predicted molar refractivity (Wildman–Crippen MR) is 80.1 cm³/mol. The number of benzene rings is 2. The van der Waals surface area contributed by atoms with Crippen molar-refractivity contribution in [2.24, 2.45) is 0 Å². The molecule has 1 heterocycles. The number of ketones is 1. The minimum absolute atomic E-state index is 0.208. The highest BCUT2D eigenvalue weighted by molar-refractivity contribution is 7.23. The quantitative estimate of drug-likeness (QED) is 0.488. The topological polar surface area (TPSA) is 17.1 Å². The SMILES string of the molecule is CCc1cccc2c1C(=O)c1c-2sc2ccccc12. The molecule has 0 aliphatic heterocycles. The summed E-state index contributed by atoms with van der Waals surface area (Å²) < 4.78 is 1.20. The van der Waals surface area contributed by atoms with Crippen LogP contribution in [-0.2, 0) is 6.42 Å². The molecule has 1 aliphatic carbocycles. The van der Waals surface area contributed by atoms with Gasteiger partial charge < -0.3 is 0 Å². The van der Waals surface area contributed by atoms with E-state index in [9.17, 15) is 4.79 Å². The summed E-state index contributed by atoms with van der Waals surface area (Å²) in [7, 11) is 0. The molecular weight excluding hydrogens is 252 g/mol. The zero-order valence-electron chi connectivity index (χ0n) is 10.6. The Morgan fingerprint density at radius 2 is 1.84 bits per heavy atom. The van der Waals surface area contributed by atoms with Crippen molar-refractivity contribution in [3.8, 4) is 10.4 Å². The fraction of sp³-hybridized carbons (Fsp3) is 0.118. The van der Waals surface area contributed by atoms with Crippen LogP contribution in [0.2, 0.25) is 0 Å². The fourth-order valence-corrected chi connectivity index (χ4v) is 4.17. The van der Waals surface area contributed by atoms with Crippen LogP contribution in [0.4, 0.5) is 0 Å². The molecule has 1 nitrogen and oxygen atoms in total. The van der Waals surface area contributed by atoms with Gasteiger partial charge in [-0.3, -0.25) is 4.79 Å². The first-order chi connectivity index (χ1) is 9.31. The van der Waals surface area contributed by atoms with E-state index < -0.39 is 0 Å². The highest BCUT2D eigenvalue weighted by Crippen LogP contribution is 2.47. The molecule has 2 aromatic carbocycles. The van der Waals surface area contributed by atoms with Crippen molar-refractivity contribution in [2.75, 3.05) is 0 Å². The lowest BCUT2D eigenvalue weighted by atomic mass is 9.99. The maximum absolute atomic E-state index is 12.7. The Kier molecular flexibility index (Phi) is 2.18. The summed E-state index contributed by atoms with van der Waals surface area (Å²) in [5, 5.41) is 1.10.